The number of halogens is 25. The molecule has 1 unspecified atom stereocenters. The number of thioether (sulfide) groups is 1. The highest BCUT2D eigenvalue weighted by molar-refractivity contribution is 9.11. The summed E-state index contributed by atoms with van der Waals surface area (Å²) in [7, 11) is -36.0. The van der Waals surface area contributed by atoms with Crippen molar-refractivity contribution in [3.63, 3.8) is 0 Å². The quantitative estimate of drug-likeness (QED) is 0.115. The third-order valence-electron chi connectivity index (χ3n) is 1.39. The molecule has 39 heavy (non-hydrogen) atoms. The highest BCUT2D eigenvalue weighted by Gasteiger charge is 2.23. The molecule has 0 spiro atoms. The molecule has 0 radical (unpaired) electrons. The molecule has 0 N–H and O–H groups in total. The second-order valence-electron chi connectivity index (χ2n) is 4.94. The summed E-state index contributed by atoms with van der Waals surface area (Å²) in [5, 5.41) is 2.18. The van der Waals surface area contributed by atoms with Crippen LogP contribution in [0, 0.1) is 0 Å². The fourth-order valence-corrected chi connectivity index (χ4v) is 2.69. The van der Waals surface area contributed by atoms with Crippen LogP contribution in [0.5, 0.6) is 0 Å². The number of nitrogens with zero attached hydrogens (tertiary/aromatic N) is 1. The minimum Gasteiger partial charge on any atom is -0.418 e. The molecule has 1 atom stereocenters. The summed E-state index contributed by atoms with van der Waals surface area (Å²) in [6.07, 6.45) is 0. The van der Waals surface area contributed by atoms with Gasteiger partial charge in [-0.25, -0.2) is 0 Å². The van der Waals surface area contributed by atoms with Gasteiger partial charge in [-0.05, 0) is 19.3 Å². The van der Waals surface area contributed by atoms with E-state index in [1.54, 1.807) is 0 Å². The van der Waals surface area contributed by atoms with Gasteiger partial charge in [-0.3, -0.25) is 0 Å². The zero-order valence-electron chi connectivity index (χ0n) is 18.1. The maximum atomic E-state index is 9.75. The third kappa shape index (κ3) is 230. The molecule has 1 heterocycles. The Hall–Kier alpha value is -0.920. The Morgan fingerprint density at radius 3 is 0.744 bits per heavy atom. The van der Waals surface area contributed by atoms with Crippen molar-refractivity contribution in [2.45, 2.75) is 18.1 Å². The van der Waals surface area contributed by atoms with Gasteiger partial charge < -0.3 is 108 Å². The lowest BCUT2D eigenvalue weighted by molar-refractivity contribution is 0.366. The summed E-state index contributed by atoms with van der Waals surface area (Å²) < 4.78 is 234. The Morgan fingerprint density at radius 2 is 0.692 bits per heavy atom. The zero-order chi connectivity index (χ0) is 33.9. The SMILES string of the molecule is CCN1C(C)=CSC1Br.F[B-](F)(F)F.F[B-](F)(F)F.F[B-](F)(F)F.F[B-](F)(F)F.F[B-](F)(F)F.F[B-](F)(F)F. The molecule has 244 valence electrons. The summed E-state index contributed by atoms with van der Waals surface area (Å²) in [6.45, 7) is 5.39. The van der Waals surface area contributed by atoms with Crippen LogP contribution < -0.4 is 0 Å². The zero-order valence-corrected chi connectivity index (χ0v) is 20.5. The first-order valence-electron chi connectivity index (χ1n) is 8.22. The normalized spacial score (nSPS) is 15.4. The van der Waals surface area contributed by atoms with E-state index >= 15 is 0 Å². The Kier molecular flexibility index (Phi) is 28.4. The van der Waals surface area contributed by atoms with Gasteiger partial charge >= 0.3 is 43.5 Å². The number of alkyl halides is 1. The molecule has 0 fully saturated rings. The molecule has 1 aliphatic heterocycles. The predicted molar refractivity (Wildman–Crippen MR) is 108 cm³/mol. The summed E-state index contributed by atoms with van der Waals surface area (Å²) in [5.41, 5.74) is 1.37. The lowest BCUT2D eigenvalue weighted by atomic mass is 10.3. The molecule has 0 aromatic heterocycles. The molecule has 1 nitrogen and oxygen atoms in total. The molecule has 33 heteroatoms. The fourth-order valence-electron chi connectivity index (χ4n) is 0.849. The van der Waals surface area contributed by atoms with E-state index in [1.807, 2.05) is 11.8 Å². The van der Waals surface area contributed by atoms with Crippen molar-refractivity contribution < 1.29 is 104 Å². The summed E-state index contributed by atoms with van der Waals surface area (Å²) in [6, 6.07) is 0. The Bertz CT molecular complexity index is 466. The lowest BCUT2D eigenvalue weighted by Crippen LogP contribution is -2.22. The van der Waals surface area contributed by atoms with Crippen LogP contribution in [0.4, 0.5) is 104 Å². The van der Waals surface area contributed by atoms with Crippen molar-refractivity contribution >= 4 is 71.2 Å². The minimum atomic E-state index is -6.00. The van der Waals surface area contributed by atoms with Crippen molar-refractivity contribution in [2.24, 2.45) is 0 Å². The monoisotopic (exact) mass is 729 g/mol. The smallest absolute Gasteiger partial charge is 0.418 e. The Morgan fingerprint density at radius 1 is 0.538 bits per heavy atom. The van der Waals surface area contributed by atoms with E-state index in [1.165, 1.54) is 5.70 Å². The largest absolute Gasteiger partial charge is 0.673 e. The highest BCUT2D eigenvalue weighted by atomic mass is 79.9. The third-order valence-corrected chi connectivity index (χ3v) is 3.49. The molecule has 1 aliphatic rings. The first kappa shape index (κ1) is 50.9. The van der Waals surface area contributed by atoms with Gasteiger partial charge in [-0.1, -0.05) is 27.7 Å². The Labute approximate surface area is 216 Å². The molecule has 0 aliphatic carbocycles. The van der Waals surface area contributed by atoms with E-state index in [9.17, 15) is 104 Å². The minimum absolute atomic E-state index is 0.475. The predicted octanol–water partition coefficient (Wildman–Crippen LogP) is 10.4. The first-order valence-corrected chi connectivity index (χ1v) is 10.1. The molecule has 0 saturated carbocycles. The van der Waals surface area contributed by atoms with Crippen LogP contribution in [0.25, 0.3) is 0 Å². The molecule has 0 bridgehead atoms. The van der Waals surface area contributed by atoms with E-state index in [2.05, 4.69) is 40.1 Å². The van der Waals surface area contributed by atoms with E-state index in [-0.39, 0.29) is 0 Å². The first-order chi connectivity index (χ1) is 16.3. The number of hydrogen-bond acceptors (Lipinski definition) is 2. The van der Waals surface area contributed by atoms with E-state index in [0.717, 1.165) is 6.54 Å². The van der Waals surface area contributed by atoms with Gasteiger partial charge in [0.1, 0.15) is 4.28 Å². The van der Waals surface area contributed by atoms with Crippen LogP contribution in [0.15, 0.2) is 11.1 Å². The topological polar surface area (TPSA) is 3.24 Å². The number of hydrogen-bond donors (Lipinski definition) is 0. The van der Waals surface area contributed by atoms with E-state index < -0.39 is 43.5 Å². The molecule has 0 aromatic carbocycles. The van der Waals surface area contributed by atoms with Gasteiger partial charge in [0.05, 0.1) is 0 Å². The average Bonchev–Trinajstić information content (AvgIpc) is 2.74. The van der Waals surface area contributed by atoms with Crippen LogP contribution in [0.1, 0.15) is 13.8 Å². The van der Waals surface area contributed by atoms with Crippen molar-refractivity contribution in [3.8, 4) is 0 Å². The summed E-state index contributed by atoms with van der Waals surface area (Å²) in [5.74, 6) is 0. The second kappa shape index (κ2) is 21.8. The van der Waals surface area contributed by atoms with Crippen LogP contribution in [-0.4, -0.2) is 59.3 Å². The van der Waals surface area contributed by atoms with Gasteiger partial charge in [0.2, 0.25) is 0 Å². The van der Waals surface area contributed by atoms with Gasteiger partial charge in [-0.15, -0.1) is 0 Å². The molecule has 0 saturated heterocycles. The van der Waals surface area contributed by atoms with Crippen LogP contribution in [0.2, 0.25) is 0 Å². The van der Waals surface area contributed by atoms with Gasteiger partial charge in [0.25, 0.3) is 0 Å². The van der Waals surface area contributed by atoms with E-state index in [4.69, 9.17) is 0 Å². The fraction of sp³-hybridized carbons (Fsp3) is 0.667. The highest BCUT2D eigenvalue weighted by Crippen LogP contribution is 2.33. The van der Waals surface area contributed by atoms with Gasteiger partial charge in [-0.2, -0.15) is 0 Å². The Balaban J connectivity index is -0.0000000830. The van der Waals surface area contributed by atoms with Crippen LogP contribution >= 0.6 is 27.7 Å². The van der Waals surface area contributed by atoms with Crippen molar-refractivity contribution in [1.82, 2.24) is 4.90 Å². The average molecular weight is 729 g/mol. The van der Waals surface area contributed by atoms with Crippen molar-refractivity contribution in [3.05, 3.63) is 11.1 Å². The van der Waals surface area contributed by atoms with Gasteiger partial charge in [0, 0.05) is 12.2 Å². The molecule has 1 rings (SSSR count). The summed E-state index contributed by atoms with van der Waals surface area (Å²) in [4.78, 5) is 2.31. The molecular weight excluding hydrogens is 719 g/mol. The van der Waals surface area contributed by atoms with Crippen LogP contribution in [0.3, 0.4) is 0 Å². The number of allylic oxidation sites excluding steroid dienone is 1. The summed E-state index contributed by atoms with van der Waals surface area (Å²) >= 11 is 5.36. The second-order valence-corrected chi connectivity index (χ2v) is 7.37. The maximum Gasteiger partial charge on any atom is 0.673 e. The number of rotatable bonds is 1. The lowest BCUT2D eigenvalue weighted by Gasteiger charge is -2.20. The molecule has 0 aromatic rings. The van der Waals surface area contributed by atoms with Crippen LogP contribution in [-0.2, 0) is 0 Å². The van der Waals surface area contributed by atoms with Crippen molar-refractivity contribution in [1.29, 1.82) is 0 Å². The maximum absolute atomic E-state index is 9.75. The molecule has 0 amide bonds. The standard InChI is InChI=1S/C6H10BrNS.6BF4/c1-3-8-5(2)4-9-6(8)7;6*2-1(3,4)5/h4,6H,3H2,1-2H3;;;;;;/q;6*-1. The van der Waals surface area contributed by atoms with Gasteiger partial charge in [0.15, 0.2) is 0 Å². The van der Waals surface area contributed by atoms with E-state index in [0.29, 0.717) is 4.28 Å². The molecular formula is C6H10B6BrF24NS-6. The van der Waals surface area contributed by atoms with Crippen molar-refractivity contribution in [2.75, 3.05) is 6.54 Å².